The Hall–Kier alpha value is -2.16. The highest BCUT2D eigenvalue weighted by Crippen LogP contribution is 2.28. The molecular weight excluding hydrogens is 337 g/mol. The van der Waals surface area contributed by atoms with Gasteiger partial charge in [-0.2, -0.15) is 0 Å². The van der Waals surface area contributed by atoms with Crippen LogP contribution in [0.3, 0.4) is 0 Å². The molecule has 0 N–H and O–H groups in total. The molecule has 0 radical (unpaired) electrons. The normalized spacial score (nSPS) is 17.0. The van der Waals surface area contributed by atoms with E-state index in [-0.39, 0.29) is 11.8 Å². The summed E-state index contributed by atoms with van der Waals surface area (Å²) in [5.74, 6) is 0.172. The Labute approximate surface area is 166 Å². The van der Waals surface area contributed by atoms with Crippen molar-refractivity contribution in [2.45, 2.75) is 60.4 Å². The quantitative estimate of drug-likeness (QED) is 0.429. The summed E-state index contributed by atoms with van der Waals surface area (Å²) in [6.07, 6.45) is 5.52. The van der Waals surface area contributed by atoms with E-state index in [0.29, 0.717) is 13.6 Å². The lowest BCUT2D eigenvalue weighted by atomic mass is 9.91. The fourth-order valence-electron chi connectivity index (χ4n) is 2.61. The monoisotopic (exact) mass is 375 g/mol. The minimum Gasteiger partial charge on any atom is -0.364 e. The number of benzene rings is 1. The van der Waals surface area contributed by atoms with E-state index in [9.17, 15) is 9.18 Å². The standard InChI is InChI=1S/C18H21NO.C3H8.C2H6.CH3F/c1-5-10-19-14(3)11-18(20)17(15(19)4)12-16-9-7-6-8-13(16)2;1-3-2;2*1-2/h5-9,12,15H,1,3,10-11H2,2,4H3;3H2,1-2H3;1-2H3;1H3/b17-12+;;;. The first-order valence-electron chi connectivity index (χ1n) is 9.69. The maximum atomic E-state index is 12.3. The van der Waals surface area contributed by atoms with Crippen molar-refractivity contribution in [2.75, 3.05) is 13.7 Å². The summed E-state index contributed by atoms with van der Waals surface area (Å²) in [5, 5.41) is 0. The molecule has 0 aliphatic carbocycles. The Balaban J connectivity index is 0. The second-order valence-electron chi connectivity index (χ2n) is 5.95. The van der Waals surface area contributed by atoms with Gasteiger partial charge in [0.25, 0.3) is 0 Å². The first-order valence-corrected chi connectivity index (χ1v) is 9.69. The van der Waals surface area contributed by atoms with E-state index in [1.807, 2.05) is 44.2 Å². The highest BCUT2D eigenvalue weighted by molar-refractivity contribution is 6.03. The van der Waals surface area contributed by atoms with E-state index in [1.54, 1.807) is 0 Å². The molecule has 2 rings (SSSR count). The Morgan fingerprint density at radius 3 is 2.22 bits per heavy atom. The number of carbonyl (C=O) groups excluding carboxylic acids is 1. The number of hydrogen-bond acceptors (Lipinski definition) is 2. The molecule has 0 spiro atoms. The number of ketones is 1. The zero-order chi connectivity index (χ0) is 21.4. The van der Waals surface area contributed by atoms with Crippen LogP contribution in [-0.4, -0.2) is 30.4 Å². The van der Waals surface area contributed by atoms with Crippen molar-refractivity contribution >= 4 is 11.9 Å². The van der Waals surface area contributed by atoms with Gasteiger partial charge in [-0.25, -0.2) is 0 Å². The smallest absolute Gasteiger partial charge is 0.166 e. The molecule has 0 aromatic heterocycles. The molecule has 1 aliphatic rings. The lowest BCUT2D eigenvalue weighted by Gasteiger charge is -2.37. The molecule has 0 amide bonds. The maximum Gasteiger partial charge on any atom is 0.166 e. The van der Waals surface area contributed by atoms with Gasteiger partial charge in [0.2, 0.25) is 0 Å². The third-order valence-corrected chi connectivity index (χ3v) is 3.84. The molecule has 1 aliphatic heterocycles. The second-order valence-corrected chi connectivity index (χ2v) is 5.95. The maximum absolute atomic E-state index is 12.3. The molecule has 1 atom stereocenters. The first-order chi connectivity index (χ1) is 13.0. The number of Topliss-reactive ketones (excluding diaryl/α,β-unsaturated/α-hetero) is 1. The van der Waals surface area contributed by atoms with Gasteiger partial charge in [0.15, 0.2) is 5.78 Å². The topological polar surface area (TPSA) is 20.3 Å². The highest BCUT2D eigenvalue weighted by atomic mass is 19.1. The Morgan fingerprint density at radius 1 is 1.22 bits per heavy atom. The van der Waals surface area contributed by atoms with Crippen molar-refractivity contribution in [3.63, 3.8) is 0 Å². The van der Waals surface area contributed by atoms with Crippen LogP contribution >= 0.6 is 0 Å². The van der Waals surface area contributed by atoms with Crippen LogP contribution in [0.1, 0.15) is 58.6 Å². The molecule has 1 unspecified atom stereocenters. The predicted octanol–water partition coefficient (Wildman–Crippen LogP) is 6.77. The number of nitrogens with zero attached hydrogens (tertiary/aromatic N) is 1. The number of aryl methyl sites for hydroxylation is 1. The number of rotatable bonds is 3. The number of likely N-dealkylation sites (tertiary alicyclic amines) is 1. The summed E-state index contributed by atoms with van der Waals surface area (Å²) in [5.41, 5.74) is 4.02. The average molecular weight is 376 g/mol. The number of alkyl halides is 1. The first kappa shape index (κ1) is 27.1. The van der Waals surface area contributed by atoms with Crippen LogP contribution in [0.15, 0.2) is 54.8 Å². The van der Waals surface area contributed by atoms with E-state index in [2.05, 4.69) is 51.8 Å². The molecule has 3 heteroatoms. The molecule has 27 heavy (non-hydrogen) atoms. The summed E-state index contributed by atoms with van der Waals surface area (Å²) < 4.78 is 9.50. The number of carbonyl (C=O) groups is 1. The van der Waals surface area contributed by atoms with Gasteiger partial charge in [-0.1, -0.05) is 71.0 Å². The molecule has 0 bridgehead atoms. The van der Waals surface area contributed by atoms with Gasteiger partial charge in [-0.05, 0) is 31.1 Å². The lowest BCUT2D eigenvalue weighted by Crippen LogP contribution is -2.41. The van der Waals surface area contributed by atoms with E-state index in [0.717, 1.165) is 23.4 Å². The summed E-state index contributed by atoms with van der Waals surface area (Å²) in [7, 11) is 0.500. The summed E-state index contributed by atoms with van der Waals surface area (Å²) >= 11 is 0. The molecule has 1 saturated heterocycles. The number of halogens is 1. The number of piperidine rings is 1. The number of allylic oxidation sites excluding steroid dienone is 1. The zero-order valence-corrected chi connectivity index (χ0v) is 18.3. The average Bonchev–Trinajstić information content (AvgIpc) is 2.67. The van der Waals surface area contributed by atoms with Gasteiger partial charge in [0.1, 0.15) is 0 Å². The molecule has 2 nitrogen and oxygen atoms in total. The van der Waals surface area contributed by atoms with E-state index in [4.69, 9.17) is 0 Å². The fourth-order valence-corrected chi connectivity index (χ4v) is 2.61. The van der Waals surface area contributed by atoms with Crippen LogP contribution < -0.4 is 0 Å². The van der Waals surface area contributed by atoms with Crippen molar-refractivity contribution < 1.29 is 9.18 Å². The zero-order valence-electron chi connectivity index (χ0n) is 18.3. The van der Waals surface area contributed by atoms with Gasteiger partial charge in [-0.3, -0.25) is 9.18 Å². The highest BCUT2D eigenvalue weighted by Gasteiger charge is 2.29. The molecule has 152 valence electrons. The molecule has 1 fully saturated rings. The Morgan fingerprint density at radius 2 is 1.74 bits per heavy atom. The van der Waals surface area contributed by atoms with Crippen molar-refractivity contribution in [3.05, 3.63) is 65.9 Å². The molecule has 1 aromatic rings. The van der Waals surface area contributed by atoms with Gasteiger partial charge in [-0.15, -0.1) is 6.58 Å². The molecular formula is C24H38FNO. The van der Waals surface area contributed by atoms with Gasteiger partial charge >= 0.3 is 0 Å². The minimum atomic E-state index is 0.0429. The third-order valence-electron chi connectivity index (χ3n) is 3.84. The van der Waals surface area contributed by atoms with Crippen LogP contribution in [-0.2, 0) is 4.79 Å². The SMILES string of the molecule is C=CCN1C(=C)CC(=O)/C(=C/c2ccccc2C)C1C.CC.CCC.CF. The van der Waals surface area contributed by atoms with Crippen LogP contribution in [0.2, 0.25) is 0 Å². The Bertz CT molecular complexity index is 604. The predicted molar refractivity (Wildman–Crippen MR) is 119 cm³/mol. The number of hydrogen-bond donors (Lipinski definition) is 0. The summed E-state index contributed by atoms with van der Waals surface area (Å²) in [4.78, 5) is 14.4. The van der Waals surface area contributed by atoms with Gasteiger partial charge in [0, 0.05) is 17.8 Å². The van der Waals surface area contributed by atoms with Crippen LogP contribution in [0.25, 0.3) is 6.08 Å². The van der Waals surface area contributed by atoms with Crippen molar-refractivity contribution in [1.29, 1.82) is 0 Å². The minimum absolute atomic E-state index is 0.0429. The summed E-state index contributed by atoms with van der Waals surface area (Å²) in [6, 6.07) is 8.16. The van der Waals surface area contributed by atoms with Crippen LogP contribution in [0.4, 0.5) is 4.39 Å². The van der Waals surface area contributed by atoms with Crippen LogP contribution in [0.5, 0.6) is 0 Å². The molecule has 1 heterocycles. The third kappa shape index (κ3) is 8.85. The lowest BCUT2D eigenvalue weighted by molar-refractivity contribution is -0.116. The fraction of sp³-hybridized carbons (Fsp3) is 0.458. The van der Waals surface area contributed by atoms with Gasteiger partial charge < -0.3 is 4.90 Å². The largest absolute Gasteiger partial charge is 0.364 e. The van der Waals surface area contributed by atoms with Crippen molar-refractivity contribution in [3.8, 4) is 0 Å². The molecule has 1 aromatic carbocycles. The second kappa shape index (κ2) is 16.0. The van der Waals surface area contributed by atoms with Crippen molar-refractivity contribution in [1.82, 2.24) is 4.90 Å². The molecule has 0 saturated carbocycles. The van der Waals surface area contributed by atoms with Gasteiger partial charge in [0.05, 0.1) is 19.6 Å². The van der Waals surface area contributed by atoms with E-state index in [1.165, 1.54) is 12.0 Å². The van der Waals surface area contributed by atoms with Crippen molar-refractivity contribution in [2.24, 2.45) is 0 Å². The van der Waals surface area contributed by atoms with Crippen LogP contribution in [0, 0.1) is 6.92 Å². The summed E-state index contributed by atoms with van der Waals surface area (Å²) in [6.45, 7) is 20.9. The van der Waals surface area contributed by atoms with E-state index >= 15 is 0 Å². The van der Waals surface area contributed by atoms with E-state index < -0.39 is 0 Å². The Kier molecular flexibility index (Phi) is 16.1.